The van der Waals surface area contributed by atoms with Gasteiger partial charge in [0, 0.05) is 27.7 Å². The van der Waals surface area contributed by atoms with E-state index in [2.05, 4.69) is 10.0 Å². The Hall–Kier alpha value is -3.28. The molecule has 1 unspecified atom stereocenters. The normalized spacial score (nSPS) is 12.6. The number of aromatic nitrogens is 2. The molecule has 0 aliphatic carbocycles. The summed E-state index contributed by atoms with van der Waals surface area (Å²) in [5, 5.41) is 2.73. The van der Waals surface area contributed by atoms with E-state index in [1.165, 1.54) is 44.0 Å². The van der Waals surface area contributed by atoms with Crippen molar-refractivity contribution in [3.05, 3.63) is 74.9 Å². The minimum atomic E-state index is -4.18. The molecule has 2 N–H and O–H groups in total. The summed E-state index contributed by atoms with van der Waals surface area (Å²) < 4.78 is 35.9. The van der Waals surface area contributed by atoms with Gasteiger partial charge in [0.2, 0.25) is 15.9 Å². The summed E-state index contributed by atoms with van der Waals surface area (Å²) in [4.78, 5) is 37.2. The molecule has 0 saturated heterocycles. The molecule has 3 aromatic rings. The summed E-state index contributed by atoms with van der Waals surface area (Å²) >= 11 is 0. The molecule has 1 amide bonds. The Balaban J connectivity index is 1.97. The number of nitrogens with one attached hydrogen (secondary N) is 2. The fraction of sp³-hybridized carbons (Fsp3) is 0.318. The van der Waals surface area contributed by atoms with Gasteiger partial charge in [-0.1, -0.05) is 30.3 Å². The molecule has 176 valence electrons. The number of amides is 1. The number of carbonyl (C=O) groups excluding carboxylic acids is 1. The van der Waals surface area contributed by atoms with Crippen LogP contribution in [0.4, 0.5) is 0 Å². The lowest BCUT2D eigenvalue weighted by atomic mass is 10.1. The van der Waals surface area contributed by atoms with Crippen LogP contribution in [0.15, 0.2) is 63.0 Å². The molecule has 0 saturated carbocycles. The number of carbonyl (C=O) groups is 1. The summed E-state index contributed by atoms with van der Waals surface area (Å²) in [7, 11) is 0.139. The predicted octanol–water partition coefficient (Wildman–Crippen LogP) is -0.111. The van der Waals surface area contributed by atoms with Gasteiger partial charge in [-0.05, 0) is 30.2 Å². The Morgan fingerprint density at radius 1 is 1.06 bits per heavy atom. The van der Waals surface area contributed by atoms with Crippen molar-refractivity contribution < 1.29 is 17.9 Å². The molecule has 33 heavy (non-hydrogen) atoms. The lowest BCUT2D eigenvalue weighted by Crippen LogP contribution is -2.48. The molecule has 0 aliphatic rings. The van der Waals surface area contributed by atoms with Gasteiger partial charge in [-0.15, -0.1) is 0 Å². The highest BCUT2D eigenvalue weighted by Gasteiger charge is 2.26. The zero-order valence-electron chi connectivity index (χ0n) is 18.6. The largest absolute Gasteiger partial charge is 0.383 e. The Morgan fingerprint density at radius 2 is 1.76 bits per heavy atom. The zero-order chi connectivity index (χ0) is 24.2. The van der Waals surface area contributed by atoms with Crippen LogP contribution >= 0.6 is 0 Å². The highest BCUT2D eigenvalue weighted by Crippen LogP contribution is 2.16. The second-order valence-electron chi connectivity index (χ2n) is 7.53. The molecular formula is C22H26N4O6S. The van der Waals surface area contributed by atoms with Gasteiger partial charge >= 0.3 is 5.69 Å². The molecule has 1 heterocycles. The summed E-state index contributed by atoms with van der Waals surface area (Å²) in [6.45, 7) is 0.506. The smallest absolute Gasteiger partial charge is 0.330 e. The molecule has 10 nitrogen and oxygen atoms in total. The lowest BCUT2D eigenvalue weighted by Gasteiger charge is -2.19. The van der Waals surface area contributed by atoms with Gasteiger partial charge in [-0.2, -0.15) is 4.72 Å². The first-order chi connectivity index (χ1) is 15.7. The number of aryl methyl sites for hydroxylation is 1. The third-order valence-corrected chi connectivity index (χ3v) is 6.72. The first kappa shape index (κ1) is 24.4. The van der Waals surface area contributed by atoms with Crippen molar-refractivity contribution in [2.24, 2.45) is 14.1 Å². The van der Waals surface area contributed by atoms with Crippen LogP contribution < -0.4 is 21.3 Å². The fourth-order valence-corrected chi connectivity index (χ4v) is 4.66. The van der Waals surface area contributed by atoms with Crippen LogP contribution in [-0.2, 0) is 40.1 Å². The molecule has 0 bridgehead atoms. The van der Waals surface area contributed by atoms with Gasteiger partial charge in [-0.25, -0.2) is 13.2 Å². The van der Waals surface area contributed by atoms with E-state index in [1.54, 1.807) is 24.3 Å². The van der Waals surface area contributed by atoms with Crippen molar-refractivity contribution >= 4 is 26.8 Å². The quantitative estimate of drug-likeness (QED) is 0.417. The summed E-state index contributed by atoms with van der Waals surface area (Å²) in [6, 6.07) is 11.8. The molecule has 0 spiro atoms. The third kappa shape index (κ3) is 5.38. The molecule has 0 radical (unpaired) electrons. The summed E-state index contributed by atoms with van der Waals surface area (Å²) in [6.07, 6.45) is 0.128. The molecule has 1 aromatic heterocycles. The first-order valence-electron chi connectivity index (χ1n) is 10.2. The van der Waals surface area contributed by atoms with Crippen molar-refractivity contribution in [1.82, 2.24) is 19.2 Å². The fourth-order valence-electron chi connectivity index (χ4n) is 3.43. The second kappa shape index (κ2) is 10.1. The van der Waals surface area contributed by atoms with Gasteiger partial charge in [0.25, 0.3) is 5.56 Å². The van der Waals surface area contributed by atoms with E-state index in [1.807, 2.05) is 6.07 Å². The summed E-state index contributed by atoms with van der Waals surface area (Å²) in [5.41, 5.74) is -0.0464. The number of hydrogen-bond acceptors (Lipinski definition) is 6. The third-order valence-electron chi connectivity index (χ3n) is 5.25. The maximum atomic E-state index is 13.2. The van der Waals surface area contributed by atoms with E-state index in [9.17, 15) is 22.8 Å². The number of rotatable bonds is 9. The van der Waals surface area contributed by atoms with Gasteiger partial charge in [0.1, 0.15) is 6.04 Å². The van der Waals surface area contributed by atoms with Crippen molar-refractivity contribution in [3.63, 3.8) is 0 Å². The van der Waals surface area contributed by atoms with E-state index < -0.39 is 33.2 Å². The number of methoxy groups -OCH3 is 1. The highest BCUT2D eigenvalue weighted by atomic mass is 32.2. The first-order valence-corrected chi connectivity index (χ1v) is 11.7. The minimum Gasteiger partial charge on any atom is -0.383 e. The summed E-state index contributed by atoms with van der Waals surface area (Å²) in [5.74, 6) is -0.501. The SMILES string of the molecule is COCCNC(=O)C(Cc1ccccc1)NS(=O)(=O)c1ccc2c(c1)c(=O)n(C)c(=O)n2C. The molecule has 3 rings (SSSR count). The average Bonchev–Trinajstić information content (AvgIpc) is 2.81. The second-order valence-corrected chi connectivity index (χ2v) is 9.25. The molecule has 11 heteroatoms. The Labute approximate surface area is 190 Å². The van der Waals surface area contributed by atoms with Crippen LogP contribution in [0.1, 0.15) is 5.56 Å². The van der Waals surface area contributed by atoms with Crippen LogP contribution in [0.2, 0.25) is 0 Å². The van der Waals surface area contributed by atoms with E-state index >= 15 is 0 Å². The average molecular weight is 475 g/mol. The van der Waals surface area contributed by atoms with Crippen LogP contribution in [0.3, 0.4) is 0 Å². The van der Waals surface area contributed by atoms with Crippen LogP contribution in [-0.4, -0.2) is 49.8 Å². The van der Waals surface area contributed by atoms with Crippen molar-refractivity contribution in [1.29, 1.82) is 0 Å². The van der Waals surface area contributed by atoms with Crippen molar-refractivity contribution in [3.8, 4) is 0 Å². The minimum absolute atomic E-state index is 0.0756. The van der Waals surface area contributed by atoms with Gasteiger partial charge in [0.05, 0.1) is 22.4 Å². The van der Waals surface area contributed by atoms with E-state index in [-0.39, 0.29) is 29.9 Å². The van der Waals surface area contributed by atoms with Crippen molar-refractivity contribution in [2.45, 2.75) is 17.4 Å². The maximum Gasteiger partial charge on any atom is 0.330 e. The van der Waals surface area contributed by atoms with Gasteiger partial charge in [0.15, 0.2) is 0 Å². The molecule has 0 aliphatic heterocycles. The number of sulfonamides is 1. The molecular weight excluding hydrogens is 448 g/mol. The number of fused-ring (bicyclic) bond motifs is 1. The molecule has 2 aromatic carbocycles. The Bertz CT molecular complexity index is 1380. The highest BCUT2D eigenvalue weighted by molar-refractivity contribution is 7.89. The van der Waals surface area contributed by atoms with Crippen LogP contribution in [0.25, 0.3) is 10.9 Å². The monoisotopic (exact) mass is 474 g/mol. The number of ether oxygens (including phenoxy) is 1. The molecule has 1 atom stereocenters. The van der Waals surface area contributed by atoms with Gasteiger partial charge in [-0.3, -0.25) is 18.7 Å². The Kier molecular flexibility index (Phi) is 7.46. The topological polar surface area (TPSA) is 128 Å². The number of nitrogens with zero attached hydrogens (tertiary/aromatic N) is 2. The molecule has 0 fully saturated rings. The number of hydrogen-bond donors (Lipinski definition) is 2. The number of benzene rings is 2. The lowest BCUT2D eigenvalue weighted by molar-refractivity contribution is -0.122. The van der Waals surface area contributed by atoms with Gasteiger partial charge < -0.3 is 10.1 Å². The zero-order valence-corrected chi connectivity index (χ0v) is 19.4. The van der Waals surface area contributed by atoms with Crippen molar-refractivity contribution in [2.75, 3.05) is 20.3 Å². The van der Waals surface area contributed by atoms with E-state index in [4.69, 9.17) is 4.74 Å². The maximum absolute atomic E-state index is 13.2. The predicted molar refractivity (Wildman–Crippen MR) is 124 cm³/mol. The van der Waals surface area contributed by atoms with E-state index in [0.717, 1.165) is 10.1 Å². The Morgan fingerprint density at radius 3 is 2.42 bits per heavy atom. The van der Waals surface area contributed by atoms with Crippen LogP contribution in [0, 0.1) is 0 Å². The van der Waals surface area contributed by atoms with E-state index in [0.29, 0.717) is 5.52 Å². The van der Waals surface area contributed by atoms with Crippen LogP contribution in [0.5, 0.6) is 0 Å². The standard InChI is InChI=1S/C22H26N4O6S/c1-25-19-10-9-16(14-17(19)21(28)26(2)22(25)29)33(30,31)24-18(20(27)23-11-12-32-3)13-15-7-5-4-6-8-15/h4-10,14,18,24H,11-13H2,1-3H3,(H,23,27).